The molecule has 0 radical (unpaired) electrons. The van der Waals surface area contributed by atoms with Crippen molar-refractivity contribution >= 4 is 0 Å². The molecule has 0 bridgehead atoms. The zero-order valence-electron chi connectivity index (χ0n) is 11.7. The van der Waals surface area contributed by atoms with Crippen molar-refractivity contribution in [3.05, 3.63) is 42.2 Å². The normalized spacial score (nSPS) is 10.8. The molecule has 100 valence electrons. The van der Waals surface area contributed by atoms with Crippen LogP contribution in [0.3, 0.4) is 0 Å². The first-order chi connectivity index (χ1) is 8.80. The van der Waals surface area contributed by atoms with Gasteiger partial charge in [0.2, 0.25) is 0 Å². The van der Waals surface area contributed by atoms with E-state index in [9.17, 15) is 0 Å². The van der Waals surface area contributed by atoms with E-state index in [0.29, 0.717) is 0 Å². The van der Waals surface area contributed by atoms with Crippen molar-refractivity contribution in [1.29, 1.82) is 0 Å². The maximum Gasteiger partial charge on any atom is 0.0544 e. The molecule has 0 aliphatic rings. The second-order valence-electron chi connectivity index (χ2n) is 4.46. The predicted molar refractivity (Wildman–Crippen MR) is 77.4 cm³/mol. The molecule has 1 rings (SSSR count). The highest BCUT2D eigenvalue weighted by molar-refractivity contribution is 5.14. The van der Waals surface area contributed by atoms with E-state index in [2.05, 4.69) is 47.8 Å². The summed E-state index contributed by atoms with van der Waals surface area (Å²) in [5.41, 5.74) is 2.37. The molecule has 3 heteroatoms. The van der Waals surface area contributed by atoms with Crippen molar-refractivity contribution in [2.75, 3.05) is 19.6 Å². The van der Waals surface area contributed by atoms with Gasteiger partial charge in [-0.2, -0.15) is 0 Å². The van der Waals surface area contributed by atoms with Gasteiger partial charge in [-0.1, -0.05) is 26.0 Å². The monoisotopic (exact) mass is 247 g/mol. The van der Waals surface area contributed by atoms with Gasteiger partial charge in [0.1, 0.15) is 0 Å². The van der Waals surface area contributed by atoms with Crippen LogP contribution < -0.4 is 5.32 Å². The van der Waals surface area contributed by atoms with Crippen molar-refractivity contribution in [3.8, 4) is 0 Å². The summed E-state index contributed by atoms with van der Waals surface area (Å²) in [6.45, 7) is 12.9. The van der Waals surface area contributed by atoms with Crippen LogP contribution >= 0.6 is 0 Å². The zero-order valence-corrected chi connectivity index (χ0v) is 11.7. The first kappa shape index (κ1) is 14.9. The minimum atomic E-state index is 0.898. The van der Waals surface area contributed by atoms with Crippen LogP contribution in [-0.2, 0) is 13.1 Å². The molecule has 1 aromatic rings. The van der Waals surface area contributed by atoms with Crippen LogP contribution in [0.4, 0.5) is 0 Å². The number of nitrogens with zero attached hydrogens (tertiary/aromatic N) is 2. The Bertz CT molecular complexity index is 332. The summed E-state index contributed by atoms with van der Waals surface area (Å²) >= 11 is 0. The Labute approximate surface area is 111 Å². The van der Waals surface area contributed by atoms with E-state index in [1.165, 1.54) is 5.56 Å². The third-order valence-electron chi connectivity index (χ3n) is 2.78. The maximum absolute atomic E-state index is 4.52. The highest BCUT2D eigenvalue weighted by Crippen LogP contribution is 2.05. The van der Waals surface area contributed by atoms with Gasteiger partial charge >= 0.3 is 0 Å². The Hall–Kier alpha value is -1.19. The molecule has 0 aliphatic heterocycles. The summed E-state index contributed by atoms with van der Waals surface area (Å²) in [6, 6.07) is 4.28. The second-order valence-corrected chi connectivity index (χ2v) is 4.46. The third-order valence-corrected chi connectivity index (χ3v) is 2.78. The molecular weight excluding hydrogens is 222 g/mol. The maximum atomic E-state index is 4.52. The van der Waals surface area contributed by atoms with Crippen LogP contribution in [0.1, 0.15) is 31.5 Å². The SMILES string of the molecule is C=CCN(CCC)Cc1ccc(CNCC)cn1. The Morgan fingerprint density at radius 3 is 2.78 bits per heavy atom. The number of hydrogen-bond donors (Lipinski definition) is 1. The molecule has 0 aromatic carbocycles. The highest BCUT2D eigenvalue weighted by atomic mass is 15.1. The van der Waals surface area contributed by atoms with Gasteiger partial charge in [0.05, 0.1) is 5.69 Å². The van der Waals surface area contributed by atoms with Gasteiger partial charge < -0.3 is 5.32 Å². The van der Waals surface area contributed by atoms with E-state index < -0.39 is 0 Å². The van der Waals surface area contributed by atoms with Gasteiger partial charge in [-0.3, -0.25) is 9.88 Å². The third kappa shape index (κ3) is 5.43. The highest BCUT2D eigenvalue weighted by Gasteiger charge is 2.04. The molecule has 0 saturated heterocycles. The summed E-state index contributed by atoms with van der Waals surface area (Å²) in [7, 11) is 0. The molecular formula is C15H25N3. The lowest BCUT2D eigenvalue weighted by Crippen LogP contribution is -2.24. The lowest BCUT2D eigenvalue weighted by Gasteiger charge is -2.19. The summed E-state index contributed by atoms with van der Waals surface area (Å²) in [5, 5.41) is 3.30. The van der Waals surface area contributed by atoms with Crippen molar-refractivity contribution in [3.63, 3.8) is 0 Å². The van der Waals surface area contributed by atoms with E-state index in [-0.39, 0.29) is 0 Å². The lowest BCUT2D eigenvalue weighted by atomic mass is 10.2. The fourth-order valence-corrected chi connectivity index (χ4v) is 1.89. The van der Waals surface area contributed by atoms with Crippen molar-refractivity contribution < 1.29 is 0 Å². The Kier molecular flexibility index (Phi) is 7.30. The van der Waals surface area contributed by atoms with Crippen LogP contribution in [0.15, 0.2) is 31.0 Å². The Morgan fingerprint density at radius 1 is 1.39 bits per heavy atom. The van der Waals surface area contributed by atoms with E-state index in [1.54, 1.807) is 0 Å². The molecule has 0 amide bonds. The van der Waals surface area contributed by atoms with E-state index >= 15 is 0 Å². The molecule has 0 fully saturated rings. The van der Waals surface area contributed by atoms with Crippen LogP contribution in [0.2, 0.25) is 0 Å². The summed E-state index contributed by atoms with van der Waals surface area (Å²) in [6.07, 6.45) is 5.08. The second kappa shape index (κ2) is 8.84. The summed E-state index contributed by atoms with van der Waals surface area (Å²) in [5.74, 6) is 0. The Balaban J connectivity index is 2.52. The fourth-order valence-electron chi connectivity index (χ4n) is 1.89. The predicted octanol–water partition coefficient (Wildman–Crippen LogP) is 2.59. The quantitative estimate of drug-likeness (QED) is 0.680. The first-order valence-electron chi connectivity index (χ1n) is 6.77. The number of nitrogens with one attached hydrogen (secondary N) is 1. The molecule has 1 N–H and O–H groups in total. The minimum Gasteiger partial charge on any atom is -0.313 e. The molecule has 18 heavy (non-hydrogen) atoms. The number of pyridine rings is 1. The lowest BCUT2D eigenvalue weighted by molar-refractivity contribution is 0.291. The molecule has 0 spiro atoms. The Morgan fingerprint density at radius 2 is 2.22 bits per heavy atom. The average Bonchev–Trinajstić information content (AvgIpc) is 2.38. The number of aromatic nitrogens is 1. The van der Waals surface area contributed by atoms with Crippen molar-refractivity contribution in [1.82, 2.24) is 15.2 Å². The van der Waals surface area contributed by atoms with Crippen LogP contribution in [0.5, 0.6) is 0 Å². The van der Waals surface area contributed by atoms with Crippen LogP contribution in [0, 0.1) is 0 Å². The van der Waals surface area contributed by atoms with Crippen molar-refractivity contribution in [2.24, 2.45) is 0 Å². The first-order valence-corrected chi connectivity index (χ1v) is 6.77. The van der Waals surface area contributed by atoms with E-state index in [1.807, 2.05) is 12.3 Å². The summed E-state index contributed by atoms with van der Waals surface area (Å²) in [4.78, 5) is 6.88. The van der Waals surface area contributed by atoms with E-state index in [4.69, 9.17) is 0 Å². The van der Waals surface area contributed by atoms with Crippen LogP contribution in [-0.4, -0.2) is 29.5 Å². The fraction of sp³-hybridized carbons (Fsp3) is 0.533. The largest absolute Gasteiger partial charge is 0.313 e. The molecule has 0 aliphatic carbocycles. The average molecular weight is 247 g/mol. The number of hydrogen-bond acceptors (Lipinski definition) is 3. The summed E-state index contributed by atoms with van der Waals surface area (Å²) < 4.78 is 0. The molecule has 1 heterocycles. The van der Waals surface area contributed by atoms with Crippen molar-refractivity contribution in [2.45, 2.75) is 33.4 Å². The minimum absolute atomic E-state index is 0.898. The molecule has 3 nitrogen and oxygen atoms in total. The molecule has 1 aromatic heterocycles. The molecule has 0 saturated carbocycles. The standard InChI is InChI=1S/C15H25N3/c1-4-9-18(10-5-2)13-15-8-7-14(12-17-15)11-16-6-3/h4,7-8,12,16H,1,5-6,9-11,13H2,2-3H3. The van der Waals surface area contributed by atoms with Gasteiger partial charge in [-0.25, -0.2) is 0 Å². The molecule has 0 atom stereocenters. The zero-order chi connectivity index (χ0) is 13.2. The van der Waals surface area contributed by atoms with Gasteiger partial charge in [0.15, 0.2) is 0 Å². The molecule has 0 unspecified atom stereocenters. The smallest absolute Gasteiger partial charge is 0.0544 e. The van der Waals surface area contributed by atoms with Gasteiger partial charge in [-0.05, 0) is 31.1 Å². The topological polar surface area (TPSA) is 28.2 Å². The van der Waals surface area contributed by atoms with E-state index in [0.717, 1.165) is 44.8 Å². The van der Waals surface area contributed by atoms with Gasteiger partial charge in [0.25, 0.3) is 0 Å². The van der Waals surface area contributed by atoms with Gasteiger partial charge in [-0.15, -0.1) is 6.58 Å². The number of rotatable bonds is 9. The van der Waals surface area contributed by atoms with Crippen LogP contribution in [0.25, 0.3) is 0 Å². The van der Waals surface area contributed by atoms with Gasteiger partial charge in [0, 0.05) is 25.8 Å².